The van der Waals surface area contributed by atoms with Crippen molar-refractivity contribution in [2.24, 2.45) is 29.1 Å². The Balaban J connectivity index is 1.35. The van der Waals surface area contributed by atoms with Crippen molar-refractivity contribution in [3.05, 3.63) is 84.1 Å². The Morgan fingerprint density at radius 1 is 0.900 bits per heavy atom. The van der Waals surface area contributed by atoms with Gasteiger partial charge in [-0.2, -0.15) is 0 Å². The van der Waals surface area contributed by atoms with E-state index in [-0.39, 0.29) is 19.4 Å². The third kappa shape index (κ3) is 7.78. The molecular weight excluding hydrogens is 632 g/mol. The molecule has 3 N–H and O–H groups in total. The van der Waals surface area contributed by atoms with E-state index in [0.29, 0.717) is 24.0 Å². The first kappa shape index (κ1) is 39.5. The van der Waals surface area contributed by atoms with Crippen molar-refractivity contribution >= 4 is 17.7 Å². The molecule has 0 bridgehead atoms. The van der Waals surface area contributed by atoms with Crippen LogP contribution in [0.15, 0.2) is 84.1 Å². The average molecular weight is 691 g/mol. The fourth-order valence-corrected chi connectivity index (χ4v) is 8.73. The predicted molar refractivity (Wildman–Crippen MR) is 195 cm³/mol. The van der Waals surface area contributed by atoms with Crippen LogP contribution in [-0.2, 0) is 23.9 Å². The number of rotatable bonds is 16. The van der Waals surface area contributed by atoms with Gasteiger partial charge in [-0.1, -0.05) is 101 Å². The first-order valence-corrected chi connectivity index (χ1v) is 18.3. The smallest absolute Gasteiger partial charge is 0.306 e. The maximum Gasteiger partial charge on any atom is 0.306 e. The molecule has 8 atom stereocenters. The minimum absolute atomic E-state index is 0.116. The Morgan fingerprint density at radius 3 is 2.02 bits per heavy atom. The molecule has 0 aromatic rings. The van der Waals surface area contributed by atoms with E-state index in [1.807, 2.05) is 19.9 Å². The van der Waals surface area contributed by atoms with Gasteiger partial charge in [-0.05, 0) is 63.0 Å². The van der Waals surface area contributed by atoms with Crippen LogP contribution < -0.4 is 0 Å². The van der Waals surface area contributed by atoms with Crippen molar-refractivity contribution in [2.75, 3.05) is 6.61 Å². The lowest BCUT2D eigenvalue weighted by atomic mass is 9.59. The summed E-state index contributed by atoms with van der Waals surface area (Å²) in [6.07, 6.45) is 29.8. The number of hydrogen-bond acceptors (Lipinski definition) is 8. The minimum Gasteiger partial charge on any atom is -0.461 e. The summed E-state index contributed by atoms with van der Waals surface area (Å²) in [5.74, 6) is -4.52. The molecule has 2 fully saturated rings. The molecule has 8 heteroatoms. The van der Waals surface area contributed by atoms with Gasteiger partial charge in [0.15, 0.2) is 5.78 Å². The van der Waals surface area contributed by atoms with Gasteiger partial charge in [-0.3, -0.25) is 14.4 Å². The summed E-state index contributed by atoms with van der Waals surface area (Å²) in [4.78, 5) is 38.3. The number of aliphatic hydroxyl groups is 3. The van der Waals surface area contributed by atoms with E-state index in [1.54, 1.807) is 26.0 Å². The van der Waals surface area contributed by atoms with Gasteiger partial charge in [-0.25, -0.2) is 0 Å². The van der Waals surface area contributed by atoms with E-state index in [0.717, 1.165) is 32.1 Å². The molecule has 4 aliphatic carbocycles. The number of ketones is 1. The lowest BCUT2D eigenvalue weighted by molar-refractivity contribution is -0.221. The first-order chi connectivity index (χ1) is 23.7. The van der Waals surface area contributed by atoms with Crippen LogP contribution in [0, 0.1) is 29.1 Å². The third-order valence-electron chi connectivity index (χ3n) is 11.4. The van der Waals surface area contributed by atoms with Gasteiger partial charge >= 0.3 is 11.9 Å². The molecule has 0 spiro atoms. The number of fused-ring (bicyclic) bond motifs is 5. The summed E-state index contributed by atoms with van der Waals surface area (Å²) in [6.45, 7) is 10.4. The SMILES string of the molecule is CC/C=C\C/C=C\C/C=C\C/C=C\C/C=C\CCCC(=O)O[C@@H]1[C@@H](C)[C@@]2(O)[C@@H](C=C(COC(C)=O)C[C@]3(O)C(=O)C(C)=C[C@@H]23)[C@@H]2C(C)(C)[C@]12O. The Bertz CT molecular complexity index is 1480. The van der Waals surface area contributed by atoms with Gasteiger partial charge in [0.1, 0.15) is 23.9 Å². The Labute approximate surface area is 298 Å². The molecule has 4 rings (SSSR count). The highest BCUT2D eigenvalue weighted by Crippen LogP contribution is 2.75. The lowest BCUT2D eigenvalue weighted by Crippen LogP contribution is -2.65. The zero-order valence-corrected chi connectivity index (χ0v) is 30.8. The zero-order valence-electron chi connectivity index (χ0n) is 30.8. The molecule has 0 heterocycles. The Kier molecular flexibility index (Phi) is 12.9. The van der Waals surface area contributed by atoms with Gasteiger partial charge in [0.2, 0.25) is 0 Å². The van der Waals surface area contributed by atoms with Crippen LogP contribution in [0.25, 0.3) is 0 Å². The summed E-state index contributed by atoms with van der Waals surface area (Å²) in [5.41, 5.74) is -5.03. The number of Topliss-reactive ketones (excluding diaryl/α,β-unsaturated/α-hetero) is 1. The minimum atomic E-state index is -1.96. The molecule has 0 radical (unpaired) electrons. The number of allylic oxidation sites excluding steroid dienone is 10. The second-order valence-electron chi connectivity index (χ2n) is 15.1. The Hall–Kier alpha value is -3.33. The largest absolute Gasteiger partial charge is 0.461 e. The summed E-state index contributed by atoms with van der Waals surface area (Å²) < 4.78 is 11.3. The third-order valence-corrected chi connectivity index (χ3v) is 11.4. The van der Waals surface area contributed by atoms with E-state index >= 15 is 0 Å². The van der Waals surface area contributed by atoms with E-state index in [4.69, 9.17) is 9.47 Å². The molecular formula is C42H58O8. The lowest BCUT2D eigenvalue weighted by Gasteiger charge is -2.52. The highest BCUT2D eigenvalue weighted by Gasteiger charge is 2.85. The quantitative estimate of drug-likeness (QED) is 0.0900. The highest BCUT2D eigenvalue weighted by molar-refractivity contribution is 6.04. The summed E-state index contributed by atoms with van der Waals surface area (Å²) in [6, 6.07) is 0. The van der Waals surface area contributed by atoms with Crippen molar-refractivity contribution in [1.29, 1.82) is 0 Å². The number of ether oxygens (including phenoxy) is 2. The molecule has 0 unspecified atom stereocenters. The molecule has 50 heavy (non-hydrogen) atoms. The summed E-state index contributed by atoms with van der Waals surface area (Å²) >= 11 is 0. The molecule has 4 aliphatic rings. The van der Waals surface area contributed by atoms with Crippen LogP contribution in [0.1, 0.15) is 99.3 Å². The molecule has 0 aromatic heterocycles. The van der Waals surface area contributed by atoms with Crippen LogP contribution in [0.2, 0.25) is 0 Å². The normalized spacial score (nSPS) is 34.6. The molecule has 0 aromatic carbocycles. The van der Waals surface area contributed by atoms with Gasteiger partial charge in [0.05, 0.1) is 5.60 Å². The van der Waals surface area contributed by atoms with Crippen molar-refractivity contribution in [3.8, 4) is 0 Å². The van der Waals surface area contributed by atoms with E-state index in [1.165, 1.54) is 6.92 Å². The van der Waals surface area contributed by atoms with Gasteiger partial charge < -0.3 is 24.8 Å². The van der Waals surface area contributed by atoms with Crippen LogP contribution in [-0.4, -0.2) is 62.6 Å². The first-order valence-electron chi connectivity index (χ1n) is 18.3. The van der Waals surface area contributed by atoms with Crippen LogP contribution in [0.3, 0.4) is 0 Å². The van der Waals surface area contributed by atoms with Crippen molar-refractivity contribution in [1.82, 2.24) is 0 Å². The van der Waals surface area contributed by atoms with Crippen LogP contribution >= 0.6 is 0 Å². The van der Waals surface area contributed by atoms with E-state index in [9.17, 15) is 29.7 Å². The fraction of sp³-hybridized carbons (Fsp3) is 0.595. The van der Waals surface area contributed by atoms with Gasteiger partial charge in [-0.15, -0.1) is 0 Å². The van der Waals surface area contributed by atoms with Gasteiger partial charge in [0.25, 0.3) is 0 Å². The molecule has 0 aliphatic heterocycles. The number of carbonyl (C=O) groups is 3. The highest BCUT2D eigenvalue weighted by atomic mass is 16.6. The van der Waals surface area contributed by atoms with Crippen LogP contribution in [0.5, 0.6) is 0 Å². The van der Waals surface area contributed by atoms with E-state index < -0.39 is 69.7 Å². The second-order valence-corrected chi connectivity index (χ2v) is 15.1. The topological polar surface area (TPSA) is 130 Å². The molecule has 8 nitrogen and oxygen atoms in total. The molecule has 274 valence electrons. The number of esters is 2. The average Bonchev–Trinajstić information content (AvgIpc) is 3.46. The summed E-state index contributed by atoms with van der Waals surface area (Å²) in [5, 5.41) is 36.8. The number of unbranched alkanes of at least 4 members (excludes halogenated alkanes) is 1. The monoisotopic (exact) mass is 690 g/mol. The van der Waals surface area contributed by atoms with Crippen molar-refractivity contribution in [2.45, 2.75) is 122 Å². The number of hydrogen-bond donors (Lipinski definition) is 3. The van der Waals surface area contributed by atoms with E-state index in [2.05, 4.69) is 61.6 Å². The van der Waals surface area contributed by atoms with Gasteiger partial charge in [0, 0.05) is 48.9 Å². The van der Waals surface area contributed by atoms with Crippen molar-refractivity contribution in [3.63, 3.8) is 0 Å². The predicted octanol–water partition coefficient (Wildman–Crippen LogP) is 6.97. The maximum absolute atomic E-state index is 13.4. The Morgan fingerprint density at radius 2 is 1.46 bits per heavy atom. The maximum atomic E-state index is 13.4. The zero-order chi connectivity index (χ0) is 36.7. The number of carbonyl (C=O) groups excluding carboxylic acids is 3. The molecule has 0 saturated heterocycles. The molecule has 0 amide bonds. The molecule has 2 saturated carbocycles. The second kappa shape index (κ2) is 16.3. The van der Waals surface area contributed by atoms with Crippen molar-refractivity contribution < 1.29 is 39.2 Å². The standard InChI is InChI=1S/C42H58O8/c1-7-8-9-10-11-12-13-14-15-16-17-18-19-20-21-22-23-24-35(44)50-38-30(3)41(47)33(36-39(5,6)42(36,38)48)26-32(28-49-31(4)43)27-40(46)34(41)25-29(2)37(40)45/h8-9,11-12,14-15,17-18,20-21,25-26,30,33-34,36,38,46-48H,7,10,13,16,19,22-24,27-28H2,1-6H3/b9-8-,12-11-,15-14-,18-17-,21-20-/t30-,33+,34-,36-,38-,40-,41-,42-/m1/s1. The van der Waals surface area contributed by atoms with Crippen LogP contribution in [0.4, 0.5) is 0 Å². The fourth-order valence-electron chi connectivity index (χ4n) is 8.73. The summed E-state index contributed by atoms with van der Waals surface area (Å²) in [7, 11) is 0.